The van der Waals surface area contributed by atoms with Gasteiger partial charge in [-0.25, -0.2) is 4.99 Å². The molecule has 2 aliphatic carbocycles. The second kappa shape index (κ2) is 8.05. The van der Waals surface area contributed by atoms with Crippen LogP contribution in [0.5, 0.6) is 0 Å². The zero-order chi connectivity index (χ0) is 24.3. The standard InChI is InChI=1S/C28H33N3O3/c1-27(2)20-14-15-28(27,3)24(33)19(20)16-22(32)29-25-26(34)31(4)21-13-9-8-12-18(21)23(30-25)17-10-6-5-7-11-17/h5-13,19-20,24-25,33H,14-16H2,1-4H3,(H,29,32)/t19?,20?,24?,25-,28?/m0/s1. The number of aliphatic hydroxyl groups is 1. The van der Waals surface area contributed by atoms with Crippen molar-refractivity contribution in [3.63, 3.8) is 0 Å². The summed E-state index contributed by atoms with van der Waals surface area (Å²) >= 11 is 0. The molecule has 0 spiro atoms. The van der Waals surface area contributed by atoms with Crippen LogP contribution in [0.4, 0.5) is 5.69 Å². The van der Waals surface area contributed by atoms with Crippen molar-refractivity contribution < 1.29 is 14.7 Å². The molecule has 0 radical (unpaired) electrons. The molecule has 2 amide bonds. The lowest BCUT2D eigenvalue weighted by molar-refractivity contribution is -0.129. The van der Waals surface area contributed by atoms with Crippen molar-refractivity contribution in [1.82, 2.24) is 5.32 Å². The van der Waals surface area contributed by atoms with Gasteiger partial charge in [0.15, 0.2) is 0 Å². The lowest BCUT2D eigenvalue weighted by Crippen LogP contribution is -2.47. The molecule has 1 aliphatic heterocycles. The summed E-state index contributed by atoms with van der Waals surface area (Å²) in [7, 11) is 1.72. The van der Waals surface area contributed by atoms with Gasteiger partial charge in [0.25, 0.3) is 5.91 Å². The van der Waals surface area contributed by atoms with Crippen LogP contribution in [0.1, 0.15) is 51.2 Å². The Labute approximate surface area is 201 Å². The van der Waals surface area contributed by atoms with Gasteiger partial charge >= 0.3 is 0 Å². The van der Waals surface area contributed by atoms with E-state index in [-0.39, 0.29) is 35.0 Å². The molecule has 5 atom stereocenters. The zero-order valence-electron chi connectivity index (χ0n) is 20.3. The number of para-hydroxylation sites is 1. The Kier molecular flexibility index (Phi) is 5.40. The number of rotatable bonds is 4. The van der Waals surface area contributed by atoms with Crippen LogP contribution in [0.15, 0.2) is 59.6 Å². The van der Waals surface area contributed by atoms with E-state index in [9.17, 15) is 14.7 Å². The van der Waals surface area contributed by atoms with Crippen molar-refractivity contribution in [1.29, 1.82) is 0 Å². The SMILES string of the molecule is CN1C(=O)[C@@H](NC(=O)CC2C3CCC(C)(C2O)C3(C)C)N=C(c2ccccc2)c2ccccc21. The maximum absolute atomic E-state index is 13.4. The molecule has 3 aliphatic rings. The van der Waals surface area contributed by atoms with E-state index >= 15 is 0 Å². The summed E-state index contributed by atoms with van der Waals surface area (Å²) in [6, 6.07) is 17.4. The summed E-state index contributed by atoms with van der Waals surface area (Å²) in [4.78, 5) is 32.9. The second-order valence-corrected chi connectivity index (χ2v) is 10.8. The average molecular weight is 460 g/mol. The molecular formula is C28H33N3O3. The highest BCUT2D eigenvalue weighted by molar-refractivity contribution is 6.20. The first kappa shape index (κ1) is 22.8. The van der Waals surface area contributed by atoms with Crippen LogP contribution in [0.3, 0.4) is 0 Å². The normalized spacial score (nSPS) is 31.6. The van der Waals surface area contributed by atoms with Gasteiger partial charge in [-0.05, 0) is 41.6 Å². The van der Waals surface area contributed by atoms with Crippen molar-refractivity contribution in [2.45, 2.75) is 52.3 Å². The second-order valence-electron chi connectivity index (χ2n) is 10.8. The van der Waals surface area contributed by atoms with Gasteiger partial charge in [-0.3, -0.25) is 9.59 Å². The third-order valence-electron chi connectivity index (χ3n) is 9.06. The molecule has 2 fully saturated rings. The molecular weight excluding hydrogens is 426 g/mol. The number of aliphatic imine (C=N–C) groups is 1. The Balaban J connectivity index is 1.43. The first-order valence-electron chi connectivity index (χ1n) is 12.1. The van der Waals surface area contributed by atoms with Crippen molar-refractivity contribution in [2.75, 3.05) is 11.9 Å². The largest absolute Gasteiger partial charge is 0.392 e. The molecule has 2 aromatic carbocycles. The fraction of sp³-hybridized carbons (Fsp3) is 0.464. The molecule has 5 rings (SSSR count). The number of benzodiazepines with no additional fused rings is 1. The minimum atomic E-state index is -1.03. The molecule has 1 heterocycles. The summed E-state index contributed by atoms with van der Waals surface area (Å²) in [5.74, 6) is -0.349. The zero-order valence-corrected chi connectivity index (χ0v) is 20.3. The number of hydrogen-bond acceptors (Lipinski definition) is 4. The summed E-state index contributed by atoms with van der Waals surface area (Å²) in [5, 5.41) is 14.0. The van der Waals surface area contributed by atoms with E-state index in [1.54, 1.807) is 11.9 Å². The number of nitrogens with zero attached hydrogens (tertiary/aromatic N) is 2. The minimum absolute atomic E-state index is 0.0179. The Morgan fingerprint density at radius 2 is 1.79 bits per heavy atom. The van der Waals surface area contributed by atoms with Gasteiger partial charge in [0.1, 0.15) is 0 Å². The van der Waals surface area contributed by atoms with Crippen LogP contribution < -0.4 is 10.2 Å². The van der Waals surface area contributed by atoms with Gasteiger partial charge in [0, 0.05) is 24.6 Å². The molecule has 2 bridgehead atoms. The van der Waals surface area contributed by atoms with Gasteiger partial charge in [0.2, 0.25) is 12.1 Å². The average Bonchev–Trinajstić information content (AvgIpc) is 3.09. The van der Waals surface area contributed by atoms with Crippen LogP contribution >= 0.6 is 0 Å². The van der Waals surface area contributed by atoms with E-state index in [1.807, 2.05) is 54.6 Å². The Hall–Kier alpha value is -2.99. The molecule has 178 valence electrons. The van der Waals surface area contributed by atoms with Crippen LogP contribution in [-0.2, 0) is 9.59 Å². The van der Waals surface area contributed by atoms with Crippen molar-refractivity contribution >= 4 is 23.2 Å². The van der Waals surface area contributed by atoms with E-state index in [2.05, 4.69) is 26.1 Å². The summed E-state index contributed by atoms with van der Waals surface area (Å²) in [6.07, 6.45) is 0.654. The first-order valence-corrected chi connectivity index (χ1v) is 12.1. The van der Waals surface area contributed by atoms with Gasteiger partial charge in [0.05, 0.1) is 17.5 Å². The van der Waals surface area contributed by atoms with E-state index in [0.29, 0.717) is 11.6 Å². The van der Waals surface area contributed by atoms with Crippen molar-refractivity contribution in [2.24, 2.45) is 27.7 Å². The molecule has 2 N–H and O–H groups in total. The predicted octanol–water partition coefficient (Wildman–Crippen LogP) is 3.77. The molecule has 34 heavy (non-hydrogen) atoms. The molecule has 6 nitrogen and oxygen atoms in total. The number of aliphatic hydroxyl groups excluding tert-OH is 1. The van der Waals surface area contributed by atoms with E-state index in [4.69, 9.17) is 4.99 Å². The van der Waals surface area contributed by atoms with E-state index in [0.717, 1.165) is 29.7 Å². The summed E-state index contributed by atoms with van der Waals surface area (Å²) in [6.45, 7) is 6.57. The minimum Gasteiger partial charge on any atom is -0.392 e. The molecule has 4 unspecified atom stereocenters. The number of carbonyl (C=O) groups is 2. The van der Waals surface area contributed by atoms with Crippen LogP contribution in [-0.4, -0.2) is 41.9 Å². The maximum Gasteiger partial charge on any atom is 0.272 e. The highest BCUT2D eigenvalue weighted by atomic mass is 16.3. The van der Waals surface area contributed by atoms with Crippen molar-refractivity contribution in [3.8, 4) is 0 Å². The number of amides is 2. The topological polar surface area (TPSA) is 82.0 Å². The van der Waals surface area contributed by atoms with Crippen LogP contribution in [0, 0.1) is 22.7 Å². The number of benzene rings is 2. The quantitative estimate of drug-likeness (QED) is 0.730. The number of likely N-dealkylation sites (N-methyl/N-ethyl adjacent to an activating group) is 1. The Bertz CT molecular complexity index is 1160. The van der Waals surface area contributed by atoms with Gasteiger partial charge in [-0.2, -0.15) is 0 Å². The predicted molar refractivity (Wildman–Crippen MR) is 133 cm³/mol. The number of nitrogens with one attached hydrogen (secondary N) is 1. The molecule has 0 saturated heterocycles. The fourth-order valence-corrected chi connectivity index (χ4v) is 6.65. The summed E-state index contributed by atoms with van der Waals surface area (Å²) < 4.78 is 0. The number of fused-ring (bicyclic) bond motifs is 3. The molecule has 2 aromatic rings. The van der Waals surface area contributed by atoms with E-state index in [1.165, 1.54) is 0 Å². The Morgan fingerprint density at radius 1 is 1.12 bits per heavy atom. The lowest BCUT2D eigenvalue weighted by Gasteiger charge is -2.37. The highest BCUT2D eigenvalue weighted by Gasteiger charge is 2.65. The highest BCUT2D eigenvalue weighted by Crippen LogP contribution is 2.68. The number of carbonyl (C=O) groups excluding carboxylic acids is 2. The smallest absolute Gasteiger partial charge is 0.272 e. The van der Waals surface area contributed by atoms with Crippen LogP contribution in [0.2, 0.25) is 0 Å². The molecule has 0 aromatic heterocycles. The summed E-state index contributed by atoms with van der Waals surface area (Å²) in [5.41, 5.74) is 2.96. The van der Waals surface area contributed by atoms with E-state index < -0.39 is 12.3 Å². The van der Waals surface area contributed by atoms with Gasteiger partial charge in [-0.1, -0.05) is 69.3 Å². The fourth-order valence-electron chi connectivity index (χ4n) is 6.65. The maximum atomic E-state index is 13.4. The number of anilines is 1. The third-order valence-corrected chi connectivity index (χ3v) is 9.06. The molecule has 6 heteroatoms. The van der Waals surface area contributed by atoms with Crippen LogP contribution in [0.25, 0.3) is 0 Å². The Morgan fingerprint density at radius 3 is 2.47 bits per heavy atom. The van der Waals surface area contributed by atoms with Crippen molar-refractivity contribution in [3.05, 3.63) is 65.7 Å². The monoisotopic (exact) mass is 459 g/mol. The third kappa shape index (κ3) is 3.30. The number of hydrogen-bond donors (Lipinski definition) is 2. The van der Waals surface area contributed by atoms with Gasteiger partial charge in [-0.15, -0.1) is 0 Å². The first-order chi connectivity index (χ1) is 16.1. The van der Waals surface area contributed by atoms with Gasteiger partial charge < -0.3 is 15.3 Å². The lowest BCUT2D eigenvalue weighted by atomic mass is 9.70. The molecule has 2 saturated carbocycles.